The van der Waals surface area contributed by atoms with Crippen molar-refractivity contribution in [2.45, 2.75) is 58.7 Å². The van der Waals surface area contributed by atoms with Gasteiger partial charge in [0.05, 0.1) is 6.61 Å². The van der Waals surface area contributed by atoms with Gasteiger partial charge in [-0.3, -0.25) is 0 Å². The molecule has 1 saturated carbocycles. The predicted molar refractivity (Wildman–Crippen MR) is 74.4 cm³/mol. The van der Waals surface area contributed by atoms with E-state index in [0.29, 0.717) is 0 Å². The summed E-state index contributed by atoms with van der Waals surface area (Å²) in [4.78, 5) is 0. The molecule has 0 bridgehead atoms. The van der Waals surface area contributed by atoms with E-state index < -0.39 is 16.7 Å². The highest BCUT2D eigenvalue weighted by Gasteiger charge is 2.25. The highest BCUT2D eigenvalue weighted by atomic mass is 31.2. The molecule has 1 fully saturated rings. The average Bonchev–Trinajstić information content (AvgIpc) is 2.17. The van der Waals surface area contributed by atoms with Crippen LogP contribution in [-0.2, 0) is 8.74 Å². The topological polar surface area (TPSA) is 18.5 Å². The maximum absolute atomic E-state index is 6.16. The van der Waals surface area contributed by atoms with E-state index in [0.717, 1.165) is 12.5 Å². The van der Waals surface area contributed by atoms with Crippen molar-refractivity contribution in [2.75, 3.05) is 12.8 Å². The predicted octanol–water partition coefficient (Wildman–Crippen LogP) is 4.77. The molecule has 96 valence electrons. The zero-order valence-corrected chi connectivity index (χ0v) is 13.2. The second-order valence-corrected chi connectivity index (χ2v) is 11.9. The highest BCUT2D eigenvalue weighted by molar-refractivity contribution is 7.49. The SMILES string of the molecule is CCOP(CC1CCCCC1)O[Si](C)(C)C. The molecule has 0 amide bonds. The minimum Gasteiger partial charge on any atom is -0.376 e. The molecular formula is C12H27O2PSi. The summed E-state index contributed by atoms with van der Waals surface area (Å²) in [5, 5.41) is 0. The fourth-order valence-corrected chi connectivity index (χ4v) is 6.28. The number of hydrogen-bond acceptors (Lipinski definition) is 2. The fourth-order valence-electron chi connectivity index (χ4n) is 2.15. The van der Waals surface area contributed by atoms with Crippen LogP contribution in [0.1, 0.15) is 39.0 Å². The fraction of sp³-hybridized carbons (Fsp3) is 1.00. The Morgan fingerprint density at radius 2 is 1.75 bits per heavy atom. The molecule has 2 nitrogen and oxygen atoms in total. The molecule has 0 heterocycles. The lowest BCUT2D eigenvalue weighted by Gasteiger charge is -2.29. The number of rotatable bonds is 6. The van der Waals surface area contributed by atoms with Crippen LogP contribution >= 0.6 is 8.38 Å². The maximum atomic E-state index is 6.16. The van der Waals surface area contributed by atoms with Crippen LogP contribution in [0, 0.1) is 5.92 Å². The molecule has 1 aliphatic rings. The van der Waals surface area contributed by atoms with Crippen molar-refractivity contribution in [2.24, 2.45) is 5.92 Å². The van der Waals surface area contributed by atoms with Crippen LogP contribution in [0.5, 0.6) is 0 Å². The first-order valence-corrected chi connectivity index (χ1v) is 11.4. The Morgan fingerprint density at radius 1 is 1.12 bits per heavy atom. The molecule has 1 atom stereocenters. The van der Waals surface area contributed by atoms with E-state index in [4.69, 9.17) is 8.74 Å². The zero-order chi connectivity index (χ0) is 12.0. The molecule has 1 unspecified atom stereocenters. The third-order valence-corrected chi connectivity index (χ3v) is 7.15. The summed E-state index contributed by atoms with van der Waals surface area (Å²) in [5.41, 5.74) is 0. The minimum absolute atomic E-state index is 0.610. The van der Waals surface area contributed by atoms with Crippen molar-refractivity contribution < 1.29 is 8.74 Å². The van der Waals surface area contributed by atoms with E-state index in [9.17, 15) is 0 Å². The van der Waals surface area contributed by atoms with Crippen LogP contribution in [0.25, 0.3) is 0 Å². The lowest BCUT2D eigenvalue weighted by molar-refractivity contribution is 0.314. The Bertz CT molecular complexity index is 188. The lowest BCUT2D eigenvalue weighted by atomic mass is 9.91. The molecule has 0 saturated heterocycles. The van der Waals surface area contributed by atoms with E-state index in [1.54, 1.807) is 0 Å². The standard InChI is InChI=1S/C12H27O2PSi/c1-5-13-15(14-16(2,3)4)11-12-9-7-6-8-10-12/h12H,5-11H2,1-4H3. The van der Waals surface area contributed by atoms with E-state index in [-0.39, 0.29) is 0 Å². The Balaban J connectivity index is 2.36. The molecule has 16 heavy (non-hydrogen) atoms. The summed E-state index contributed by atoms with van der Waals surface area (Å²) in [6.45, 7) is 9.62. The van der Waals surface area contributed by atoms with Gasteiger partial charge in [0, 0.05) is 6.16 Å². The lowest BCUT2D eigenvalue weighted by Crippen LogP contribution is -2.24. The van der Waals surface area contributed by atoms with Gasteiger partial charge < -0.3 is 8.74 Å². The monoisotopic (exact) mass is 262 g/mol. The van der Waals surface area contributed by atoms with Crippen molar-refractivity contribution in [1.82, 2.24) is 0 Å². The normalized spacial score (nSPS) is 21.0. The van der Waals surface area contributed by atoms with Crippen molar-refractivity contribution in [3.8, 4) is 0 Å². The van der Waals surface area contributed by atoms with Crippen LogP contribution in [0.15, 0.2) is 0 Å². The molecule has 0 radical (unpaired) electrons. The Kier molecular flexibility index (Phi) is 6.49. The quantitative estimate of drug-likeness (QED) is 0.507. The molecule has 4 heteroatoms. The first kappa shape index (κ1) is 14.6. The molecule has 0 aromatic heterocycles. The average molecular weight is 262 g/mol. The van der Waals surface area contributed by atoms with Crippen LogP contribution in [0.3, 0.4) is 0 Å². The van der Waals surface area contributed by atoms with Gasteiger partial charge in [0.1, 0.15) is 0 Å². The van der Waals surface area contributed by atoms with Gasteiger partial charge in [-0.1, -0.05) is 19.3 Å². The van der Waals surface area contributed by atoms with Crippen LogP contribution in [0.4, 0.5) is 0 Å². The third kappa shape index (κ3) is 6.34. The van der Waals surface area contributed by atoms with Gasteiger partial charge in [-0.05, 0) is 45.3 Å². The van der Waals surface area contributed by atoms with Crippen molar-refractivity contribution >= 4 is 16.7 Å². The Labute approximate surface area is 103 Å². The first-order chi connectivity index (χ1) is 7.51. The highest BCUT2D eigenvalue weighted by Crippen LogP contribution is 2.45. The van der Waals surface area contributed by atoms with Gasteiger partial charge in [-0.25, -0.2) is 0 Å². The largest absolute Gasteiger partial charge is 0.376 e. The first-order valence-electron chi connectivity index (χ1n) is 6.61. The van der Waals surface area contributed by atoms with E-state index in [1.807, 2.05) is 0 Å². The van der Waals surface area contributed by atoms with Crippen LogP contribution < -0.4 is 0 Å². The molecular weight excluding hydrogens is 235 g/mol. The van der Waals surface area contributed by atoms with Gasteiger partial charge in [0.25, 0.3) is 0 Å². The maximum Gasteiger partial charge on any atom is 0.191 e. The summed E-state index contributed by atoms with van der Waals surface area (Å²) < 4.78 is 12.0. The summed E-state index contributed by atoms with van der Waals surface area (Å²) >= 11 is 0. The zero-order valence-electron chi connectivity index (χ0n) is 11.3. The van der Waals surface area contributed by atoms with Gasteiger partial charge in [-0.2, -0.15) is 0 Å². The van der Waals surface area contributed by atoms with E-state index in [2.05, 4.69) is 26.6 Å². The summed E-state index contributed by atoms with van der Waals surface area (Å²) in [7, 11) is -2.05. The molecule has 0 N–H and O–H groups in total. The van der Waals surface area contributed by atoms with Gasteiger partial charge >= 0.3 is 0 Å². The second kappa shape index (κ2) is 7.10. The smallest absolute Gasteiger partial charge is 0.191 e. The van der Waals surface area contributed by atoms with Crippen LogP contribution in [0.2, 0.25) is 19.6 Å². The van der Waals surface area contributed by atoms with Gasteiger partial charge in [0.2, 0.25) is 0 Å². The molecule has 0 spiro atoms. The minimum atomic E-state index is -1.44. The Morgan fingerprint density at radius 3 is 2.25 bits per heavy atom. The van der Waals surface area contributed by atoms with Crippen molar-refractivity contribution in [3.63, 3.8) is 0 Å². The summed E-state index contributed by atoms with van der Waals surface area (Å²) in [6.07, 6.45) is 8.20. The van der Waals surface area contributed by atoms with Crippen molar-refractivity contribution in [3.05, 3.63) is 0 Å². The third-order valence-electron chi connectivity index (χ3n) is 2.78. The molecule has 0 aromatic rings. The van der Waals surface area contributed by atoms with Crippen molar-refractivity contribution in [1.29, 1.82) is 0 Å². The van der Waals surface area contributed by atoms with E-state index >= 15 is 0 Å². The van der Waals surface area contributed by atoms with E-state index in [1.165, 1.54) is 38.3 Å². The summed E-state index contributed by atoms with van der Waals surface area (Å²) in [6, 6.07) is 0. The Hall–Kier alpha value is 0.567. The van der Waals surface area contributed by atoms with Gasteiger partial charge in [0.15, 0.2) is 16.7 Å². The summed E-state index contributed by atoms with van der Waals surface area (Å²) in [5.74, 6) is 0.864. The number of hydrogen-bond donors (Lipinski definition) is 0. The van der Waals surface area contributed by atoms with Crippen LogP contribution in [-0.4, -0.2) is 21.1 Å². The molecule has 0 aliphatic heterocycles. The molecule has 1 aliphatic carbocycles. The molecule has 0 aromatic carbocycles. The second-order valence-electron chi connectivity index (χ2n) is 5.64. The molecule has 1 rings (SSSR count). The van der Waals surface area contributed by atoms with Gasteiger partial charge in [-0.15, -0.1) is 0 Å².